The Morgan fingerprint density at radius 3 is 3.00 bits per heavy atom. The van der Waals surface area contributed by atoms with Crippen LogP contribution in [0.25, 0.3) is 0 Å². The Balaban J connectivity index is 1.83. The van der Waals surface area contributed by atoms with E-state index in [2.05, 4.69) is 22.8 Å². The molecule has 2 N–H and O–H groups in total. The number of carbonyl (C=O) groups excluding carboxylic acids is 1. The molecule has 1 atom stereocenters. The summed E-state index contributed by atoms with van der Waals surface area (Å²) in [5, 5.41) is 6.15. The average Bonchev–Trinajstić information content (AvgIpc) is 2.43. The Bertz CT molecular complexity index is 407. The summed E-state index contributed by atoms with van der Waals surface area (Å²) in [7, 11) is 0. The van der Waals surface area contributed by atoms with Crippen LogP contribution in [0.15, 0.2) is 24.3 Å². The minimum atomic E-state index is -0.124. The summed E-state index contributed by atoms with van der Waals surface area (Å²) in [6, 6.07) is 8.13. The quantitative estimate of drug-likeness (QED) is 0.760. The van der Waals surface area contributed by atoms with E-state index in [4.69, 9.17) is 4.74 Å². The van der Waals surface area contributed by atoms with Crippen LogP contribution in [0.3, 0.4) is 0 Å². The molecule has 0 aromatic heterocycles. The molecule has 18 heavy (non-hydrogen) atoms. The third-order valence-electron chi connectivity index (χ3n) is 3.15. The highest BCUT2D eigenvalue weighted by molar-refractivity contribution is 5.82. The van der Waals surface area contributed by atoms with E-state index in [-0.39, 0.29) is 11.9 Å². The van der Waals surface area contributed by atoms with Crippen molar-refractivity contribution in [3.05, 3.63) is 35.4 Å². The van der Waals surface area contributed by atoms with Crippen molar-refractivity contribution in [2.45, 2.75) is 25.9 Å². The van der Waals surface area contributed by atoms with Crippen molar-refractivity contribution >= 4 is 5.91 Å². The fraction of sp³-hybridized carbons (Fsp3) is 0.500. The van der Waals surface area contributed by atoms with E-state index in [1.165, 1.54) is 11.1 Å². The molecule has 0 aliphatic carbocycles. The van der Waals surface area contributed by atoms with Crippen LogP contribution in [-0.4, -0.2) is 31.7 Å². The molecule has 1 aliphatic rings. The SMILES string of the molecule is CCOCCNC(=O)C1Cc2ccccc2CN1. The van der Waals surface area contributed by atoms with Crippen LogP contribution in [-0.2, 0) is 22.5 Å². The van der Waals surface area contributed by atoms with Crippen LogP contribution >= 0.6 is 0 Å². The van der Waals surface area contributed by atoms with Crippen LogP contribution in [0.5, 0.6) is 0 Å². The van der Waals surface area contributed by atoms with E-state index in [0.29, 0.717) is 19.8 Å². The first-order chi connectivity index (χ1) is 8.81. The maximum absolute atomic E-state index is 11.9. The normalized spacial score (nSPS) is 18.2. The summed E-state index contributed by atoms with van der Waals surface area (Å²) in [6.45, 7) is 4.55. The molecule has 1 aromatic rings. The molecule has 0 saturated carbocycles. The molecule has 0 fully saturated rings. The number of rotatable bonds is 5. The summed E-state index contributed by atoms with van der Waals surface area (Å²) in [6.07, 6.45) is 0.761. The molecule has 98 valence electrons. The third-order valence-corrected chi connectivity index (χ3v) is 3.15. The highest BCUT2D eigenvalue weighted by atomic mass is 16.5. The van der Waals surface area contributed by atoms with Gasteiger partial charge in [-0.2, -0.15) is 0 Å². The van der Waals surface area contributed by atoms with Gasteiger partial charge in [-0.05, 0) is 24.5 Å². The van der Waals surface area contributed by atoms with Crippen molar-refractivity contribution in [2.24, 2.45) is 0 Å². The maximum Gasteiger partial charge on any atom is 0.237 e. The van der Waals surface area contributed by atoms with Crippen molar-refractivity contribution in [2.75, 3.05) is 19.8 Å². The fourth-order valence-corrected chi connectivity index (χ4v) is 2.15. The predicted octanol–water partition coefficient (Wildman–Crippen LogP) is 0.854. The molecule has 4 nitrogen and oxygen atoms in total. The Morgan fingerprint density at radius 2 is 2.22 bits per heavy atom. The lowest BCUT2D eigenvalue weighted by molar-refractivity contribution is -0.123. The van der Waals surface area contributed by atoms with Crippen molar-refractivity contribution in [1.29, 1.82) is 0 Å². The second-order valence-corrected chi connectivity index (χ2v) is 4.39. The Morgan fingerprint density at radius 1 is 1.44 bits per heavy atom. The number of ether oxygens (including phenoxy) is 1. The number of benzene rings is 1. The molecule has 2 rings (SSSR count). The maximum atomic E-state index is 11.9. The van der Waals surface area contributed by atoms with Gasteiger partial charge >= 0.3 is 0 Å². The Kier molecular flexibility index (Phi) is 4.73. The summed E-state index contributed by atoms with van der Waals surface area (Å²) in [4.78, 5) is 11.9. The summed E-state index contributed by atoms with van der Waals surface area (Å²) >= 11 is 0. The van der Waals surface area contributed by atoms with E-state index in [1.54, 1.807) is 0 Å². The first-order valence-corrected chi connectivity index (χ1v) is 6.47. The van der Waals surface area contributed by atoms with Crippen LogP contribution < -0.4 is 10.6 Å². The monoisotopic (exact) mass is 248 g/mol. The summed E-state index contributed by atoms with van der Waals surface area (Å²) < 4.78 is 5.19. The molecule has 0 saturated heterocycles. The third kappa shape index (κ3) is 3.31. The van der Waals surface area contributed by atoms with Crippen molar-refractivity contribution in [3.63, 3.8) is 0 Å². The van der Waals surface area contributed by atoms with Gasteiger partial charge in [-0.15, -0.1) is 0 Å². The highest BCUT2D eigenvalue weighted by Crippen LogP contribution is 2.16. The van der Waals surface area contributed by atoms with Gasteiger partial charge in [0.25, 0.3) is 0 Å². The fourth-order valence-electron chi connectivity index (χ4n) is 2.15. The highest BCUT2D eigenvalue weighted by Gasteiger charge is 2.23. The molecule has 1 aromatic carbocycles. The van der Waals surface area contributed by atoms with Gasteiger partial charge in [0, 0.05) is 19.7 Å². The molecule has 0 bridgehead atoms. The topological polar surface area (TPSA) is 50.4 Å². The lowest BCUT2D eigenvalue weighted by Crippen LogP contribution is -2.48. The number of amides is 1. The number of nitrogens with one attached hydrogen (secondary N) is 2. The minimum Gasteiger partial charge on any atom is -0.380 e. The number of hydrogen-bond donors (Lipinski definition) is 2. The van der Waals surface area contributed by atoms with Crippen molar-refractivity contribution < 1.29 is 9.53 Å². The molecular weight excluding hydrogens is 228 g/mol. The zero-order valence-corrected chi connectivity index (χ0v) is 10.7. The molecule has 1 aliphatic heterocycles. The summed E-state index contributed by atoms with van der Waals surface area (Å²) in [5.41, 5.74) is 2.55. The van der Waals surface area contributed by atoms with Gasteiger partial charge < -0.3 is 15.4 Å². The first-order valence-electron chi connectivity index (χ1n) is 6.47. The van der Waals surface area contributed by atoms with E-state index in [9.17, 15) is 4.79 Å². The van der Waals surface area contributed by atoms with Gasteiger partial charge in [0.2, 0.25) is 5.91 Å². The van der Waals surface area contributed by atoms with E-state index >= 15 is 0 Å². The van der Waals surface area contributed by atoms with Crippen LogP contribution in [0.2, 0.25) is 0 Å². The summed E-state index contributed by atoms with van der Waals surface area (Å²) in [5.74, 6) is 0.0595. The minimum absolute atomic E-state index is 0.0595. The lowest BCUT2D eigenvalue weighted by atomic mass is 9.95. The Hall–Kier alpha value is -1.39. The van der Waals surface area contributed by atoms with E-state index < -0.39 is 0 Å². The molecule has 0 radical (unpaired) electrons. The molecule has 0 spiro atoms. The van der Waals surface area contributed by atoms with E-state index in [1.807, 2.05) is 19.1 Å². The first kappa shape index (κ1) is 13.1. The van der Waals surface area contributed by atoms with Crippen molar-refractivity contribution in [1.82, 2.24) is 10.6 Å². The zero-order valence-electron chi connectivity index (χ0n) is 10.7. The standard InChI is InChI=1S/C14H20N2O2/c1-2-18-8-7-15-14(17)13-9-11-5-3-4-6-12(11)10-16-13/h3-6,13,16H,2,7-10H2,1H3,(H,15,17). The predicted molar refractivity (Wildman–Crippen MR) is 70.3 cm³/mol. The van der Waals surface area contributed by atoms with Gasteiger partial charge in [-0.25, -0.2) is 0 Å². The van der Waals surface area contributed by atoms with Gasteiger partial charge in [-0.1, -0.05) is 24.3 Å². The second-order valence-electron chi connectivity index (χ2n) is 4.39. The Labute approximate surface area is 108 Å². The largest absolute Gasteiger partial charge is 0.380 e. The van der Waals surface area contributed by atoms with Crippen molar-refractivity contribution in [3.8, 4) is 0 Å². The zero-order chi connectivity index (χ0) is 12.8. The lowest BCUT2D eigenvalue weighted by Gasteiger charge is -2.25. The van der Waals surface area contributed by atoms with Gasteiger partial charge in [-0.3, -0.25) is 4.79 Å². The average molecular weight is 248 g/mol. The van der Waals surface area contributed by atoms with Gasteiger partial charge in [0.15, 0.2) is 0 Å². The van der Waals surface area contributed by atoms with Crippen LogP contribution in [0, 0.1) is 0 Å². The molecular formula is C14H20N2O2. The molecule has 1 heterocycles. The van der Waals surface area contributed by atoms with Crippen LogP contribution in [0.4, 0.5) is 0 Å². The number of carbonyl (C=O) groups is 1. The van der Waals surface area contributed by atoms with Gasteiger partial charge in [0.05, 0.1) is 12.6 Å². The number of fused-ring (bicyclic) bond motifs is 1. The molecule has 1 unspecified atom stereocenters. The van der Waals surface area contributed by atoms with E-state index in [0.717, 1.165) is 13.0 Å². The molecule has 1 amide bonds. The number of hydrogen-bond acceptors (Lipinski definition) is 3. The van der Waals surface area contributed by atoms with Gasteiger partial charge in [0.1, 0.15) is 0 Å². The smallest absolute Gasteiger partial charge is 0.237 e. The second kappa shape index (κ2) is 6.52. The molecule has 4 heteroatoms. The van der Waals surface area contributed by atoms with Crippen LogP contribution in [0.1, 0.15) is 18.1 Å².